The fourth-order valence-electron chi connectivity index (χ4n) is 1.49. The van der Waals surface area contributed by atoms with Gasteiger partial charge in [-0.05, 0) is 29.1 Å². The van der Waals surface area contributed by atoms with E-state index in [1.165, 1.54) is 11.9 Å². The molecule has 0 saturated carbocycles. The van der Waals surface area contributed by atoms with E-state index < -0.39 is 0 Å². The molecule has 0 radical (unpaired) electrons. The number of aliphatic hydroxyl groups is 1. The van der Waals surface area contributed by atoms with Crippen LogP contribution in [0.15, 0.2) is 22.7 Å². The Labute approximate surface area is 101 Å². The van der Waals surface area contributed by atoms with Crippen LogP contribution in [0.4, 0.5) is 0 Å². The van der Waals surface area contributed by atoms with Gasteiger partial charge in [0.2, 0.25) is 5.91 Å². The lowest BCUT2D eigenvalue weighted by molar-refractivity contribution is -0.118. The maximum Gasteiger partial charge on any atom is 0.231 e. The fourth-order valence-corrected chi connectivity index (χ4v) is 3.27. The van der Waals surface area contributed by atoms with Crippen LogP contribution in [-0.2, 0) is 11.4 Å². The third kappa shape index (κ3) is 2.35. The first kappa shape index (κ1) is 11.0. The van der Waals surface area contributed by atoms with E-state index in [2.05, 4.69) is 20.7 Å². The lowest BCUT2D eigenvalue weighted by atomic mass is 10.1. The number of halogens is 1. The molecule has 1 atom stereocenters. The molecule has 0 bridgehead atoms. The number of benzene rings is 1. The van der Waals surface area contributed by atoms with Crippen molar-refractivity contribution in [2.45, 2.75) is 18.3 Å². The van der Waals surface area contributed by atoms with Gasteiger partial charge in [0.15, 0.2) is 0 Å². The van der Waals surface area contributed by atoms with Gasteiger partial charge >= 0.3 is 0 Å². The standard InChI is InChI=1S/C10H10BrNO2S/c11-8-3-6(5-13)1-2-7(8)9-4-10(14)12-15-9/h1-3,9,13H,4-5H2,(H,12,14). The van der Waals surface area contributed by atoms with Crippen LogP contribution in [0.25, 0.3) is 0 Å². The summed E-state index contributed by atoms with van der Waals surface area (Å²) >= 11 is 4.89. The molecule has 1 saturated heterocycles. The summed E-state index contributed by atoms with van der Waals surface area (Å²) in [6.45, 7) is 0.0356. The SMILES string of the molecule is O=C1CC(c2ccc(CO)cc2Br)SN1. The lowest BCUT2D eigenvalue weighted by Gasteiger charge is -2.10. The second-order valence-corrected chi connectivity index (χ2v) is 5.21. The first-order chi connectivity index (χ1) is 7.20. The predicted octanol–water partition coefficient (Wildman–Crippen LogP) is 2.15. The van der Waals surface area contributed by atoms with Crippen molar-refractivity contribution in [2.24, 2.45) is 0 Å². The summed E-state index contributed by atoms with van der Waals surface area (Å²) in [6, 6.07) is 5.72. The highest BCUT2D eigenvalue weighted by atomic mass is 79.9. The first-order valence-electron chi connectivity index (χ1n) is 4.54. The number of carbonyl (C=O) groups is 1. The minimum absolute atomic E-state index is 0.0356. The quantitative estimate of drug-likeness (QED) is 0.820. The molecule has 5 heteroatoms. The second kappa shape index (κ2) is 4.55. The van der Waals surface area contributed by atoms with Crippen molar-refractivity contribution in [1.29, 1.82) is 0 Å². The molecule has 2 rings (SSSR count). The summed E-state index contributed by atoms with van der Waals surface area (Å²) in [5, 5.41) is 9.13. The Kier molecular flexibility index (Phi) is 3.33. The zero-order valence-corrected chi connectivity index (χ0v) is 10.3. The van der Waals surface area contributed by atoms with Gasteiger partial charge in [-0.25, -0.2) is 0 Å². The van der Waals surface area contributed by atoms with E-state index >= 15 is 0 Å². The van der Waals surface area contributed by atoms with Gasteiger partial charge in [0.1, 0.15) is 0 Å². The zero-order valence-electron chi connectivity index (χ0n) is 7.87. The van der Waals surface area contributed by atoms with E-state index in [0.29, 0.717) is 6.42 Å². The van der Waals surface area contributed by atoms with Crippen LogP contribution in [0.1, 0.15) is 22.8 Å². The van der Waals surface area contributed by atoms with Crippen LogP contribution >= 0.6 is 27.9 Å². The number of aliphatic hydroxyl groups excluding tert-OH is 1. The van der Waals surface area contributed by atoms with Crippen LogP contribution in [-0.4, -0.2) is 11.0 Å². The van der Waals surface area contributed by atoms with Crippen molar-refractivity contribution in [2.75, 3.05) is 0 Å². The van der Waals surface area contributed by atoms with Gasteiger partial charge in [-0.2, -0.15) is 0 Å². The number of rotatable bonds is 2. The Balaban J connectivity index is 2.25. The molecule has 15 heavy (non-hydrogen) atoms. The minimum Gasteiger partial charge on any atom is -0.392 e. The highest BCUT2D eigenvalue weighted by Gasteiger charge is 2.25. The van der Waals surface area contributed by atoms with Crippen molar-refractivity contribution in [3.63, 3.8) is 0 Å². The molecule has 1 aromatic rings. The van der Waals surface area contributed by atoms with Crippen molar-refractivity contribution >= 4 is 33.8 Å². The number of amides is 1. The molecule has 80 valence electrons. The van der Waals surface area contributed by atoms with Gasteiger partial charge in [-0.3, -0.25) is 9.52 Å². The Hall–Kier alpha value is -0.520. The average molecular weight is 288 g/mol. The maximum atomic E-state index is 11.1. The normalized spacial score (nSPS) is 20.4. The van der Waals surface area contributed by atoms with Gasteiger partial charge in [-0.1, -0.05) is 28.1 Å². The van der Waals surface area contributed by atoms with Gasteiger partial charge in [0.25, 0.3) is 0 Å². The third-order valence-corrected chi connectivity index (χ3v) is 4.02. The van der Waals surface area contributed by atoms with Crippen molar-refractivity contribution in [1.82, 2.24) is 4.72 Å². The largest absolute Gasteiger partial charge is 0.392 e. The number of hydrogen-bond acceptors (Lipinski definition) is 3. The van der Waals surface area contributed by atoms with Crippen LogP contribution in [0.3, 0.4) is 0 Å². The number of hydrogen-bond donors (Lipinski definition) is 2. The molecule has 2 N–H and O–H groups in total. The molecule has 0 aromatic heterocycles. The van der Waals surface area contributed by atoms with Gasteiger partial charge < -0.3 is 5.11 Å². The second-order valence-electron chi connectivity index (χ2n) is 3.35. The first-order valence-corrected chi connectivity index (χ1v) is 6.21. The highest BCUT2D eigenvalue weighted by Crippen LogP contribution is 2.38. The van der Waals surface area contributed by atoms with E-state index in [4.69, 9.17) is 5.11 Å². The number of carbonyl (C=O) groups excluding carboxylic acids is 1. The molecule has 3 nitrogen and oxygen atoms in total. The molecule has 1 unspecified atom stereocenters. The molecule has 0 spiro atoms. The molecule has 1 aliphatic rings. The van der Waals surface area contributed by atoms with Crippen molar-refractivity contribution < 1.29 is 9.90 Å². The summed E-state index contributed by atoms with van der Waals surface area (Å²) in [7, 11) is 0. The van der Waals surface area contributed by atoms with Crippen LogP contribution in [0.2, 0.25) is 0 Å². The monoisotopic (exact) mass is 287 g/mol. The molecular weight excluding hydrogens is 278 g/mol. The van der Waals surface area contributed by atoms with E-state index in [1.807, 2.05) is 18.2 Å². The fraction of sp³-hybridized carbons (Fsp3) is 0.300. The Morgan fingerprint density at radius 3 is 2.93 bits per heavy atom. The Morgan fingerprint density at radius 1 is 1.60 bits per heavy atom. The van der Waals surface area contributed by atoms with Crippen LogP contribution in [0.5, 0.6) is 0 Å². The van der Waals surface area contributed by atoms with Crippen molar-refractivity contribution in [3.05, 3.63) is 33.8 Å². The topological polar surface area (TPSA) is 49.3 Å². The molecule has 1 heterocycles. The summed E-state index contributed by atoms with van der Waals surface area (Å²) in [4.78, 5) is 11.1. The molecule has 1 fully saturated rings. The Bertz CT molecular complexity index is 397. The smallest absolute Gasteiger partial charge is 0.231 e. The Morgan fingerprint density at radius 2 is 2.40 bits per heavy atom. The average Bonchev–Trinajstić information content (AvgIpc) is 2.64. The highest BCUT2D eigenvalue weighted by molar-refractivity contribution is 9.10. The lowest BCUT2D eigenvalue weighted by Crippen LogP contribution is -2.05. The molecule has 1 aromatic carbocycles. The van der Waals surface area contributed by atoms with Gasteiger partial charge in [0, 0.05) is 10.9 Å². The van der Waals surface area contributed by atoms with Gasteiger partial charge in [-0.15, -0.1) is 0 Å². The van der Waals surface area contributed by atoms with Gasteiger partial charge in [0.05, 0.1) is 11.9 Å². The van der Waals surface area contributed by atoms with Crippen molar-refractivity contribution in [3.8, 4) is 0 Å². The summed E-state index contributed by atoms with van der Waals surface area (Å²) in [5.41, 5.74) is 1.96. The van der Waals surface area contributed by atoms with E-state index in [-0.39, 0.29) is 17.8 Å². The maximum absolute atomic E-state index is 11.1. The minimum atomic E-state index is 0.0356. The van der Waals surface area contributed by atoms with Crippen LogP contribution < -0.4 is 4.72 Å². The zero-order chi connectivity index (χ0) is 10.8. The predicted molar refractivity (Wildman–Crippen MR) is 63.2 cm³/mol. The molecular formula is C10H10BrNO2S. The summed E-state index contributed by atoms with van der Waals surface area (Å²) in [6.07, 6.45) is 0.516. The molecule has 1 amide bonds. The third-order valence-electron chi connectivity index (χ3n) is 2.28. The summed E-state index contributed by atoms with van der Waals surface area (Å²) < 4.78 is 3.68. The van der Waals surface area contributed by atoms with E-state index in [9.17, 15) is 4.79 Å². The molecule has 0 aliphatic carbocycles. The summed E-state index contributed by atoms with van der Waals surface area (Å²) in [5.74, 6) is 0.0723. The van der Waals surface area contributed by atoms with E-state index in [1.54, 1.807) is 0 Å². The van der Waals surface area contributed by atoms with Crippen LogP contribution in [0, 0.1) is 0 Å². The van der Waals surface area contributed by atoms with E-state index in [0.717, 1.165) is 15.6 Å². The number of nitrogens with one attached hydrogen (secondary N) is 1. The molecule has 1 aliphatic heterocycles.